The first-order valence-electron chi connectivity index (χ1n) is 10.6. The molecule has 0 radical (unpaired) electrons. The van der Waals surface area contributed by atoms with Gasteiger partial charge in [0, 0.05) is 17.5 Å². The number of carbonyl (C=O) groups is 2. The summed E-state index contributed by atoms with van der Waals surface area (Å²) in [6, 6.07) is 0.484. The number of anilines is 1. The van der Waals surface area contributed by atoms with Crippen LogP contribution in [0.15, 0.2) is 0 Å². The molecule has 2 atom stereocenters. The van der Waals surface area contributed by atoms with Crippen LogP contribution in [0.5, 0.6) is 0 Å². The molecule has 0 unspecified atom stereocenters. The molecule has 6 heteroatoms. The Morgan fingerprint density at radius 1 is 1.25 bits per heavy atom. The molecule has 154 valence electrons. The van der Waals surface area contributed by atoms with Crippen molar-refractivity contribution in [2.75, 3.05) is 25.0 Å². The molecule has 2 heterocycles. The maximum absolute atomic E-state index is 12.9. The summed E-state index contributed by atoms with van der Waals surface area (Å²) in [5, 5.41) is 3.74. The van der Waals surface area contributed by atoms with Gasteiger partial charge in [-0.3, -0.25) is 9.69 Å². The number of thiophene rings is 1. The Hall–Kier alpha value is -1.40. The summed E-state index contributed by atoms with van der Waals surface area (Å²) in [5.74, 6) is -0.317. The average Bonchev–Trinajstić information content (AvgIpc) is 3.18. The van der Waals surface area contributed by atoms with Crippen LogP contribution in [0.25, 0.3) is 0 Å². The van der Waals surface area contributed by atoms with E-state index in [0.717, 1.165) is 37.8 Å². The summed E-state index contributed by atoms with van der Waals surface area (Å²) in [6.45, 7) is 10.6. The fraction of sp³-hybridized carbons (Fsp3) is 0.727. The van der Waals surface area contributed by atoms with Crippen molar-refractivity contribution in [3.63, 3.8) is 0 Å². The summed E-state index contributed by atoms with van der Waals surface area (Å²) in [6.07, 6.45) is 6.52. The van der Waals surface area contributed by atoms with Gasteiger partial charge in [-0.2, -0.15) is 0 Å². The maximum Gasteiger partial charge on any atom is 0.341 e. The first-order chi connectivity index (χ1) is 13.2. The number of nitrogens with zero attached hydrogens (tertiary/aromatic N) is 1. The minimum Gasteiger partial charge on any atom is -0.462 e. The van der Waals surface area contributed by atoms with Crippen molar-refractivity contribution in [3.05, 3.63) is 16.0 Å². The second-order valence-corrected chi connectivity index (χ2v) is 11.1. The predicted molar refractivity (Wildman–Crippen MR) is 112 cm³/mol. The standard InChI is InChI=1S/C22H32N2O3S/c1-5-27-20(26)18-15-7-6-8-16(15)28-19(18)23-17(25)11-24-13-22(4)10-14(24)9-21(2,3)12-22/h14H,5-13H2,1-4H3,(H,23,25)/t14-,22-/m1/s1. The summed E-state index contributed by atoms with van der Waals surface area (Å²) >= 11 is 1.56. The van der Waals surface area contributed by atoms with Crippen molar-refractivity contribution in [3.8, 4) is 0 Å². The van der Waals surface area contributed by atoms with Crippen LogP contribution in [0.4, 0.5) is 5.00 Å². The number of carbonyl (C=O) groups excluding carboxylic acids is 2. The number of amides is 1. The van der Waals surface area contributed by atoms with Crippen LogP contribution in [0.3, 0.4) is 0 Å². The van der Waals surface area contributed by atoms with Crippen LogP contribution < -0.4 is 5.32 Å². The Morgan fingerprint density at radius 2 is 2.04 bits per heavy atom. The largest absolute Gasteiger partial charge is 0.462 e. The maximum atomic E-state index is 12.9. The van der Waals surface area contributed by atoms with Gasteiger partial charge < -0.3 is 10.1 Å². The Bertz CT molecular complexity index is 800. The molecule has 1 N–H and O–H groups in total. The zero-order valence-corrected chi connectivity index (χ0v) is 18.3. The van der Waals surface area contributed by atoms with Crippen molar-refractivity contribution in [1.82, 2.24) is 4.90 Å². The van der Waals surface area contributed by atoms with Gasteiger partial charge in [0.2, 0.25) is 5.91 Å². The highest BCUT2D eigenvalue weighted by atomic mass is 32.1. The van der Waals surface area contributed by atoms with Gasteiger partial charge in [-0.15, -0.1) is 11.3 Å². The summed E-state index contributed by atoms with van der Waals surface area (Å²) in [5.41, 5.74) is 2.34. The number of ether oxygens (including phenoxy) is 1. The van der Waals surface area contributed by atoms with Crippen molar-refractivity contribution in [2.45, 2.75) is 72.3 Å². The van der Waals surface area contributed by atoms with E-state index >= 15 is 0 Å². The van der Waals surface area contributed by atoms with Gasteiger partial charge in [-0.05, 0) is 61.8 Å². The molecule has 1 saturated heterocycles. The molecule has 1 saturated carbocycles. The molecule has 0 spiro atoms. The van der Waals surface area contributed by atoms with E-state index in [4.69, 9.17) is 4.74 Å². The minimum atomic E-state index is -0.302. The predicted octanol–water partition coefficient (Wildman–Crippen LogP) is 4.25. The number of nitrogens with one attached hydrogen (secondary N) is 1. The lowest BCUT2D eigenvalue weighted by Crippen LogP contribution is -2.38. The van der Waals surface area contributed by atoms with Crippen LogP contribution in [-0.2, 0) is 22.4 Å². The van der Waals surface area contributed by atoms with Crippen LogP contribution in [0.2, 0.25) is 0 Å². The second-order valence-electron chi connectivity index (χ2n) is 9.95. The molecule has 1 aromatic heterocycles. The topological polar surface area (TPSA) is 58.6 Å². The van der Waals surface area contributed by atoms with Crippen LogP contribution in [0.1, 0.15) is 74.2 Å². The Kier molecular flexibility index (Phi) is 5.07. The monoisotopic (exact) mass is 404 g/mol. The SMILES string of the molecule is CCOC(=O)c1c(NC(=O)CN2C[C@]3(C)C[C@H]2CC(C)(C)C3)sc2c1CCC2. The molecule has 1 aliphatic heterocycles. The first kappa shape index (κ1) is 19.9. The molecule has 1 aromatic rings. The van der Waals surface area contributed by atoms with Crippen molar-refractivity contribution >= 4 is 28.2 Å². The number of likely N-dealkylation sites (tertiary alicyclic amines) is 1. The third-order valence-corrected chi connectivity index (χ3v) is 7.73. The zero-order valence-electron chi connectivity index (χ0n) is 17.5. The van der Waals surface area contributed by atoms with Crippen molar-refractivity contribution < 1.29 is 14.3 Å². The van der Waals surface area contributed by atoms with E-state index in [0.29, 0.717) is 40.6 Å². The van der Waals surface area contributed by atoms with Crippen LogP contribution in [0, 0.1) is 10.8 Å². The van der Waals surface area contributed by atoms with E-state index in [1.165, 1.54) is 17.7 Å². The highest BCUT2D eigenvalue weighted by Gasteiger charge is 2.49. The van der Waals surface area contributed by atoms with Gasteiger partial charge in [-0.25, -0.2) is 4.79 Å². The minimum absolute atomic E-state index is 0.0144. The van der Waals surface area contributed by atoms with E-state index in [1.807, 2.05) is 6.92 Å². The normalized spacial score (nSPS) is 28.2. The Labute approximate surface area is 171 Å². The van der Waals surface area contributed by atoms with E-state index in [1.54, 1.807) is 11.3 Å². The van der Waals surface area contributed by atoms with E-state index in [9.17, 15) is 9.59 Å². The Balaban J connectivity index is 1.47. The molecule has 4 rings (SSSR count). The fourth-order valence-corrected chi connectivity index (χ4v) is 7.32. The fourth-order valence-electron chi connectivity index (χ4n) is 6.02. The highest BCUT2D eigenvalue weighted by molar-refractivity contribution is 7.17. The number of aryl methyl sites for hydroxylation is 1. The van der Waals surface area contributed by atoms with Crippen LogP contribution >= 0.6 is 11.3 Å². The molecule has 28 heavy (non-hydrogen) atoms. The molecule has 3 aliphatic rings. The smallest absolute Gasteiger partial charge is 0.341 e. The van der Waals surface area contributed by atoms with Crippen molar-refractivity contribution in [1.29, 1.82) is 0 Å². The van der Waals surface area contributed by atoms with Crippen molar-refractivity contribution in [2.24, 2.45) is 10.8 Å². The lowest BCUT2D eigenvalue weighted by Gasteiger charge is -2.39. The molecule has 5 nitrogen and oxygen atoms in total. The number of hydrogen-bond acceptors (Lipinski definition) is 5. The highest BCUT2D eigenvalue weighted by Crippen LogP contribution is 2.52. The number of esters is 1. The molecule has 2 bridgehead atoms. The summed E-state index contributed by atoms with van der Waals surface area (Å²) in [4.78, 5) is 29.0. The quantitative estimate of drug-likeness (QED) is 0.745. The number of rotatable bonds is 5. The van der Waals surface area contributed by atoms with Gasteiger partial charge in [0.25, 0.3) is 0 Å². The molecular formula is C22H32N2O3S. The lowest BCUT2D eigenvalue weighted by molar-refractivity contribution is -0.117. The number of fused-ring (bicyclic) bond motifs is 3. The third-order valence-electron chi connectivity index (χ3n) is 6.52. The molecule has 2 fully saturated rings. The average molecular weight is 405 g/mol. The van der Waals surface area contributed by atoms with Gasteiger partial charge in [0.15, 0.2) is 0 Å². The molecule has 0 aromatic carbocycles. The third kappa shape index (κ3) is 3.73. The van der Waals surface area contributed by atoms with E-state index in [-0.39, 0.29) is 11.9 Å². The van der Waals surface area contributed by atoms with E-state index in [2.05, 4.69) is 31.0 Å². The second kappa shape index (κ2) is 7.13. The zero-order chi connectivity index (χ0) is 20.1. The summed E-state index contributed by atoms with van der Waals surface area (Å²) in [7, 11) is 0. The molecular weight excluding hydrogens is 372 g/mol. The lowest BCUT2D eigenvalue weighted by atomic mass is 9.65. The first-order valence-corrected chi connectivity index (χ1v) is 11.4. The Morgan fingerprint density at radius 3 is 2.79 bits per heavy atom. The van der Waals surface area contributed by atoms with Crippen LogP contribution in [-0.4, -0.2) is 42.5 Å². The number of hydrogen-bond donors (Lipinski definition) is 1. The molecule has 2 aliphatic carbocycles. The van der Waals surface area contributed by atoms with E-state index < -0.39 is 0 Å². The van der Waals surface area contributed by atoms with Gasteiger partial charge in [0.1, 0.15) is 5.00 Å². The van der Waals surface area contributed by atoms with Gasteiger partial charge >= 0.3 is 5.97 Å². The summed E-state index contributed by atoms with van der Waals surface area (Å²) < 4.78 is 5.27. The van der Waals surface area contributed by atoms with Gasteiger partial charge in [-0.1, -0.05) is 20.8 Å². The molecule has 1 amide bonds. The van der Waals surface area contributed by atoms with Gasteiger partial charge in [0.05, 0.1) is 18.7 Å².